The molecule has 0 aromatic heterocycles. The van der Waals surface area contributed by atoms with Gasteiger partial charge in [0, 0.05) is 11.5 Å². The first-order valence-electron chi connectivity index (χ1n) is 6.55. The van der Waals surface area contributed by atoms with Crippen molar-refractivity contribution >= 4 is 12.6 Å². The zero-order chi connectivity index (χ0) is 14.4. The van der Waals surface area contributed by atoms with Crippen LogP contribution in [-0.4, -0.2) is 23.4 Å². The fourth-order valence-electron chi connectivity index (χ4n) is 2.18. The molecule has 1 aromatic carbocycles. The lowest BCUT2D eigenvalue weighted by molar-refractivity contribution is 0.00578. The van der Waals surface area contributed by atoms with Crippen molar-refractivity contribution in [2.75, 3.05) is 0 Å². The van der Waals surface area contributed by atoms with Crippen molar-refractivity contribution in [1.29, 1.82) is 0 Å². The van der Waals surface area contributed by atoms with Gasteiger partial charge in [0.25, 0.3) is 0 Å². The Morgan fingerprint density at radius 2 is 1.68 bits per heavy atom. The van der Waals surface area contributed by atoms with Crippen LogP contribution < -0.4 is 5.46 Å². The standard InChI is InChI=1S/C14H20BFO3/c1-6-9-7-10(16)8-11(17)12(9)15-18-13(2,3)14(4,5)19-15/h7-8,17H,6H2,1-5H3. The van der Waals surface area contributed by atoms with Crippen molar-refractivity contribution in [2.24, 2.45) is 0 Å². The number of rotatable bonds is 2. The minimum atomic E-state index is -0.666. The van der Waals surface area contributed by atoms with Crippen LogP contribution in [0.15, 0.2) is 12.1 Å². The highest BCUT2D eigenvalue weighted by atomic mass is 19.1. The highest BCUT2D eigenvalue weighted by molar-refractivity contribution is 6.63. The van der Waals surface area contributed by atoms with E-state index in [9.17, 15) is 9.50 Å². The van der Waals surface area contributed by atoms with Gasteiger partial charge in [0.2, 0.25) is 0 Å². The Morgan fingerprint density at radius 1 is 1.16 bits per heavy atom. The summed E-state index contributed by atoms with van der Waals surface area (Å²) in [4.78, 5) is 0. The lowest BCUT2D eigenvalue weighted by Crippen LogP contribution is -2.41. The number of benzene rings is 1. The van der Waals surface area contributed by atoms with Gasteiger partial charge in [-0.15, -0.1) is 0 Å². The van der Waals surface area contributed by atoms with Gasteiger partial charge in [0.05, 0.1) is 11.2 Å². The molecule has 0 atom stereocenters. The summed E-state index contributed by atoms with van der Waals surface area (Å²) >= 11 is 0. The Labute approximate surface area is 113 Å². The van der Waals surface area contributed by atoms with Crippen molar-refractivity contribution < 1.29 is 18.8 Å². The molecule has 0 radical (unpaired) electrons. The summed E-state index contributed by atoms with van der Waals surface area (Å²) < 4.78 is 25.2. The minimum absolute atomic E-state index is 0.115. The van der Waals surface area contributed by atoms with Crippen molar-refractivity contribution in [3.63, 3.8) is 0 Å². The van der Waals surface area contributed by atoms with Gasteiger partial charge in [0.1, 0.15) is 11.6 Å². The van der Waals surface area contributed by atoms with E-state index in [0.717, 1.165) is 6.07 Å². The smallest absolute Gasteiger partial charge is 0.498 e. The van der Waals surface area contributed by atoms with E-state index in [1.165, 1.54) is 6.07 Å². The molecular formula is C14H20BFO3. The fraction of sp³-hybridized carbons (Fsp3) is 0.571. The van der Waals surface area contributed by atoms with Crippen LogP contribution in [-0.2, 0) is 15.7 Å². The Bertz CT molecular complexity index is 484. The largest absolute Gasteiger partial charge is 0.508 e. The summed E-state index contributed by atoms with van der Waals surface area (Å²) in [5.41, 5.74) is 0.269. The second kappa shape index (κ2) is 4.49. The number of aryl methyl sites for hydroxylation is 1. The molecule has 0 unspecified atom stereocenters. The van der Waals surface area contributed by atoms with E-state index < -0.39 is 24.1 Å². The molecule has 0 bridgehead atoms. The molecule has 2 rings (SSSR count). The molecule has 0 amide bonds. The summed E-state index contributed by atoms with van der Waals surface area (Å²) in [5, 5.41) is 10.0. The Hall–Kier alpha value is -1.07. The van der Waals surface area contributed by atoms with Crippen LogP contribution in [0.5, 0.6) is 5.75 Å². The van der Waals surface area contributed by atoms with Crippen molar-refractivity contribution in [1.82, 2.24) is 0 Å². The first-order chi connectivity index (χ1) is 8.68. The van der Waals surface area contributed by atoms with Gasteiger partial charge in [-0.05, 0) is 45.7 Å². The van der Waals surface area contributed by atoms with E-state index in [1.54, 1.807) is 0 Å². The monoisotopic (exact) mass is 266 g/mol. The Morgan fingerprint density at radius 3 is 2.16 bits per heavy atom. The van der Waals surface area contributed by atoms with Crippen LogP contribution in [0.4, 0.5) is 4.39 Å². The number of hydrogen-bond donors (Lipinski definition) is 1. The molecule has 104 valence electrons. The molecule has 1 heterocycles. The lowest BCUT2D eigenvalue weighted by atomic mass is 9.74. The van der Waals surface area contributed by atoms with Crippen molar-refractivity contribution in [3.05, 3.63) is 23.5 Å². The second-order valence-electron chi connectivity index (χ2n) is 5.94. The number of halogens is 1. The van der Waals surface area contributed by atoms with E-state index in [2.05, 4.69) is 0 Å². The molecule has 0 aliphatic carbocycles. The van der Waals surface area contributed by atoms with Gasteiger partial charge in [-0.3, -0.25) is 0 Å². The number of phenolic OH excluding ortho intramolecular Hbond substituents is 1. The summed E-state index contributed by atoms with van der Waals surface area (Å²) in [6, 6.07) is 2.51. The molecule has 1 fully saturated rings. The summed E-state index contributed by atoms with van der Waals surface area (Å²) in [5.74, 6) is -0.565. The average molecular weight is 266 g/mol. The number of hydrogen-bond acceptors (Lipinski definition) is 3. The zero-order valence-electron chi connectivity index (χ0n) is 12.1. The van der Waals surface area contributed by atoms with Crippen molar-refractivity contribution in [3.8, 4) is 5.75 Å². The average Bonchev–Trinajstić information content (AvgIpc) is 2.46. The van der Waals surface area contributed by atoms with Gasteiger partial charge in [-0.1, -0.05) is 6.92 Å². The van der Waals surface area contributed by atoms with Gasteiger partial charge >= 0.3 is 7.12 Å². The number of phenols is 1. The van der Waals surface area contributed by atoms with Gasteiger partial charge in [-0.2, -0.15) is 0 Å². The van der Waals surface area contributed by atoms with Crippen LogP contribution in [0.2, 0.25) is 0 Å². The first kappa shape index (κ1) is 14.3. The SMILES string of the molecule is CCc1cc(F)cc(O)c1B1OC(C)(C)C(C)(C)O1. The maximum absolute atomic E-state index is 13.3. The minimum Gasteiger partial charge on any atom is -0.508 e. The van der Waals surface area contributed by atoms with E-state index >= 15 is 0 Å². The predicted octanol–water partition coefficient (Wildman–Crippen LogP) is 2.39. The Balaban J connectivity index is 2.45. The lowest BCUT2D eigenvalue weighted by Gasteiger charge is -2.32. The topological polar surface area (TPSA) is 38.7 Å². The predicted molar refractivity (Wildman–Crippen MR) is 73.2 cm³/mol. The summed E-state index contributed by atoms with van der Waals surface area (Å²) in [6.07, 6.45) is 0.602. The molecular weight excluding hydrogens is 246 g/mol. The third kappa shape index (κ3) is 2.37. The maximum Gasteiger partial charge on any atom is 0.498 e. The highest BCUT2D eigenvalue weighted by Gasteiger charge is 2.52. The molecule has 0 spiro atoms. The third-order valence-corrected chi connectivity index (χ3v) is 4.08. The van der Waals surface area contributed by atoms with Gasteiger partial charge in [-0.25, -0.2) is 4.39 Å². The van der Waals surface area contributed by atoms with Gasteiger partial charge < -0.3 is 14.4 Å². The van der Waals surface area contributed by atoms with E-state index in [-0.39, 0.29) is 5.75 Å². The van der Waals surface area contributed by atoms with E-state index in [4.69, 9.17) is 9.31 Å². The molecule has 5 heteroatoms. The van der Waals surface area contributed by atoms with E-state index in [0.29, 0.717) is 17.4 Å². The molecule has 1 aromatic rings. The zero-order valence-corrected chi connectivity index (χ0v) is 12.1. The Kier molecular flexibility index (Phi) is 3.39. The molecule has 0 saturated carbocycles. The maximum atomic E-state index is 13.3. The fourth-order valence-corrected chi connectivity index (χ4v) is 2.18. The normalized spacial score (nSPS) is 20.8. The quantitative estimate of drug-likeness (QED) is 0.835. The molecule has 1 aliphatic rings. The molecule has 19 heavy (non-hydrogen) atoms. The summed E-state index contributed by atoms with van der Waals surface area (Å²) in [7, 11) is -0.666. The van der Waals surface area contributed by atoms with Crippen LogP contribution in [0, 0.1) is 5.82 Å². The van der Waals surface area contributed by atoms with Gasteiger partial charge in [0.15, 0.2) is 0 Å². The summed E-state index contributed by atoms with van der Waals surface area (Å²) in [6.45, 7) is 9.68. The van der Waals surface area contributed by atoms with Crippen molar-refractivity contribution in [2.45, 2.75) is 52.2 Å². The second-order valence-corrected chi connectivity index (χ2v) is 5.94. The molecule has 3 nitrogen and oxygen atoms in total. The van der Waals surface area contributed by atoms with E-state index in [1.807, 2.05) is 34.6 Å². The van der Waals surface area contributed by atoms with Crippen LogP contribution in [0.25, 0.3) is 0 Å². The molecule has 1 aliphatic heterocycles. The molecule has 1 N–H and O–H groups in total. The number of aromatic hydroxyl groups is 1. The van der Waals surface area contributed by atoms with Crippen LogP contribution in [0.3, 0.4) is 0 Å². The molecule has 1 saturated heterocycles. The third-order valence-electron chi connectivity index (χ3n) is 4.08. The van der Waals surface area contributed by atoms with Crippen LogP contribution in [0.1, 0.15) is 40.2 Å². The highest BCUT2D eigenvalue weighted by Crippen LogP contribution is 2.37. The van der Waals surface area contributed by atoms with Crippen LogP contribution >= 0.6 is 0 Å². The first-order valence-corrected chi connectivity index (χ1v) is 6.55.